The van der Waals surface area contributed by atoms with Crippen LogP contribution in [-0.4, -0.2) is 0 Å². The second kappa shape index (κ2) is 10.4. The van der Waals surface area contributed by atoms with Gasteiger partial charge in [0.1, 0.15) is 0 Å². The van der Waals surface area contributed by atoms with Crippen LogP contribution in [-0.2, 0) is 5.41 Å². The molecule has 0 heterocycles. The Morgan fingerprint density at radius 3 is 1.49 bits per heavy atom. The summed E-state index contributed by atoms with van der Waals surface area (Å²) < 4.78 is 0. The predicted molar refractivity (Wildman–Crippen MR) is 217 cm³/mol. The minimum atomic E-state index is -0.184. The lowest BCUT2D eigenvalue weighted by atomic mass is 9.67. The van der Waals surface area contributed by atoms with E-state index in [0.717, 1.165) is 0 Å². The van der Waals surface area contributed by atoms with Crippen LogP contribution >= 0.6 is 0 Å². The highest BCUT2D eigenvalue weighted by molar-refractivity contribution is 6.29. The van der Waals surface area contributed by atoms with E-state index in [4.69, 9.17) is 0 Å². The van der Waals surface area contributed by atoms with Gasteiger partial charge in [-0.05, 0) is 122 Å². The molecule has 0 nitrogen and oxygen atoms in total. The van der Waals surface area contributed by atoms with Gasteiger partial charge < -0.3 is 0 Å². The van der Waals surface area contributed by atoms with Crippen LogP contribution in [0.1, 0.15) is 25.0 Å². The van der Waals surface area contributed by atoms with E-state index in [1.165, 1.54) is 110 Å². The van der Waals surface area contributed by atoms with Gasteiger partial charge in [-0.15, -0.1) is 0 Å². The van der Waals surface area contributed by atoms with E-state index in [-0.39, 0.29) is 5.41 Å². The van der Waals surface area contributed by atoms with Gasteiger partial charge in [-0.2, -0.15) is 0 Å². The first-order chi connectivity index (χ1) is 25.1. The summed E-state index contributed by atoms with van der Waals surface area (Å²) in [6.07, 6.45) is 0. The molecule has 2 aliphatic rings. The van der Waals surface area contributed by atoms with E-state index >= 15 is 0 Å². The molecule has 0 unspecified atom stereocenters. The van der Waals surface area contributed by atoms with Gasteiger partial charge in [-0.25, -0.2) is 0 Å². The van der Waals surface area contributed by atoms with Crippen molar-refractivity contribution in [2.24, 2.45) is 0 Å². The van der Waals surface area contributed by atoms with E-state index in [0.29, 0.717) is 0 Å². The summed E-state index contributed by atoms with van der Waals surface area (Å²) in [4.78, 5) is 0. The summed E-state index contributed by atoms with van der Waals surface area (Å²) in [6.45, 7) is 4.84. The van der Waals surface area contributed by atoms with Crippen LogP contribution in [0.4, 0.5) is 0 Å². The number of benzene rings is 9. The molecule has 0 fully saturated rings. The highest BCUT2D eigenvalue weighted by atomic mass is 14.4. The van der Waals surface area contributed by atoms with Gasteiger partial charge in [0, 0.05) is 5.41 Å². The lowest BCUT2D eigenvalue weighted by Gasteiger charge is -2.36. The van der Waals surface area contributed by atoms with Gasteiger partial charge in [0.05, 0.1) is 0 Å². The molecule has 238 valence electrons. The lowest BCUT2D eigenvalue weighted by molar-refractivity contribution is 0.645. The summed E-state index contributed by atoms with van der Waals surface area (Å²) in [5.74, 6) is 0. The van der Waals surface area contributed by atoms with Crippen LogP contribution in [0.2, 0.25) is 0 Å². The standard InChI is InChI=1S/C51H34/c1-51(2)43-28-27-42-47-41(26-25-40(48(43)47)37-24-23-36(30-44(37)51)35-22-21-31-13-9-10-18-34(31)29-35)49-45(32-14-5-3-6-15-32)38-19-11-12-20-39(38)46(50(42)49)33-16-7-4-8-17-33/h3-30H,1-2H3. The zero-order valence-electron chi connectivity index (χ0n) is 28.7. The second-order valence-electron chi connectivity index (χ2n) is 14.8. The smallest absolute Gasteiger partial charge is 0.0159 e. The molecular formula is C51H34. The maximum atomic E-state index is 2.46. The molecule has 2 aliphatic carbocycles. The first-order valence-electron chi connectivity index (χ1n) is 18.0. The molecule has 0 bridgehead atoms. The van der Waals surface area contributed by atoms with Crippen LogP contribution in [0.25, 0.3) is 99.1 Å². The molecule has 0 aliphatic heterocycles. The predicted octanol–water partition coefficient (Wildman–Crippen LogP) is 14.1. The van der Waals surface area contributed by atoms with Crippen molar-refractivity contribution in [2.75, 3.05) is 0 Å². The van der Waals surface area contributed by atoms with Gasteiger partial charge in [0.15, 0.2) is 0 Å². The first-order valence-corrected chi connectivity index (χ1v) is 18.0. The van der Waals surface area contributed by atoms with Crippen molar-refractivity contribution >= 4 is 32.3 Å². The fourth-order valence-corrected chi connectivity index (χ4v) is 9.43. The topological polar surface area (TPSA) is 0 Å². The normalized spacial score (nSPS) is 13.5. The second-order valence-corrected chi connectivity index (χ2v) is 14.8. The van der Waals surface area contributed by atoms with Crippen molar-refractivity contribution in [1.82, 2.24) is 0 Å². The highest BCUT2D eigenvalue weighted by Crippen LogP contribution is 2.61. The molecule has 51 heavy (non-hydrogen) atoms. The Kier molecular flexibility index (Phi) is 5.82. The third-order valence-corrected chi connectivity index (χ3v) is 11.8. The summed E-state index contributed by atoms with van der Waals surface area (Å²) in [7, 11) is 0. The number of rotatable bonds is 3. The summed E-state index contributed by atoms with van der Waals surface area (Å²) in [5, 5.41) is 7.94. The van der Waals surface area contributed by atoms with E-state index in [2.05, 4.69) is 184 Å². The quantitative estimate of drug-likeness (QED) is 0.179. The van der Waals surface area contributed by atoms with Crippen molar-refractivity contribution in [2.45, 2.75) is 19.3 Å². The Hall–Kier alpha value is -6.24. The molecule has 0 saturated carbocycles. The fourth-order valence-electron chi connectivity index (χ4n) is 9.43. The van der Waals surface area contributed by atoms with Crippen molar-refractivity contribution < 1.29 is 0 Å². The Labute approximate surface area is 298 Å². The van der Waals surface area contributed by atoms with E-state index < -0.39 is 0 Å². The summed E-state index contributed by atoms with van der Waals surface area (Å²) >= 11 is 0. The molecule has 0 heteroatoms. The molecule has 0 aromatic heterocycles. The minimum Gasteiger partial charge on any atom is -0.0622 e. The molecule has 9 aromatic carbocycles. The SMILES string of the molecule is CC1(C)c2cc(-c3ccc4ccccc4c3)ccc2-c2ccc3c4c(ccc1c24)-c1c-3c(-c2ccccc2)c2ccccc2c1-c1ccccc1. The van der Waals surface area contributed by atoms with Crippen molar-refractivity contribution in [3.8, 4) is 66.8 Å². The van der Waals surface area contributed by atoms with Gasteiger partial charge in [-0.1, -0.05) is 172 Å². The van der Waals surface area contributed by atoms with Gasteiger partial charge >= 0.3 is 0 Å². The van der Waals surface area contributed by atoms with Crippen molar-refractivity contribution in [3.63, 3.8) is 0 Å². The molecule has 0 atom stereocenters. The largest absolute Gasteiger partial charge is 0.0622 e. The summed E-state index contributed by atoms with van der Waals surface area (Å²) in [6, 6.07) is 63.4. The maximum absolute atomic E-state index is 2.46. The number of hydrogen-bond donors (Lipinski definition) is 0. The average molecular weight is 647 g/mol. The zero-order valence-corrected chi connectivity index (χ0v) is 28.7. The monoisotopic (exact) mass is 646 g/mol. The summed E-state index contributed by atoms with van der Waals surface area (Å²) in [5.41, 5.74) is 18.4. The van der Waals surface area contributed by atoms with Gasteiger partial charge in [-0.3, -0.25) is 0 Å². The Morgan fingerprint density at radius 2 is 0.824 bits per heavy atom. The molecule has 9 aromatic rings. The van der Waals surface area contributed by atoms with Crippen molar-refractivity contribution in [1.29, 1.82) is 0 Å². The van der Waals surface area contributed by atoms with E-state index in [1.54, 1.807) is 0 Å². The third-order valence-electron chi connectivity index (χ3n) is 11.8. The Balaban J connectivity index is 1.22. The van der Waals surface area contributed by atoms with Crippen LogP contribution in [0.15, 0.2) is 170 Å². The van der Waals surface area contributed by atoms with E-state index in [1.807, 2.05) is 0 Å². The van der Waals surface area contributed by atoms with Gasteiger partial charge in [0.25, 0.3) is 0 Å². The third kappa shape index (κ3) is 3.91. The van der Waals surface area contributed by atoms with Crippen LogP contribution in [0, 0.1) is 0 Å². The zero-order chi connectivity index (χ0) is 33.8. The molecular weight excluding hydrogens is 613 g/mol. The van der Waals surface area contributed by atoms with Crippen molar-refractivity contribution in [3.05, 3.63) is 181 Å². The maximum Gasteiger partial charge on any atom is 0.0159 e. The molecule has 0 spiro atoms. The number of hydrogen-bond acceptors (Lipinski definition) is 0. The lowest BCUT2D eigenvalue weighted by Crippen LogP contribution is -2.23. The molecule has 0 amide bonds. The highest BCUT2D eigenvalue weighted by Gasteiger charge is 2.38. The van der Waals surface area contributed by atoms with Gasteiger partial charge in [0.2, 0.25) is 0 Å². The average Bonchev–Trinajstić information content (AvgIpc) is 3.52. The molecule has 11 rings (SSSR count). The van der Waals surface area contributed by atoms with Crippen LogP contribution < -0.4 is 0 Å². The molecule has 0 N–H and O–H groups in total. The van der Waals surface area contributed by atoms with E-state index in [9.17, 15) is 0 Å². The first kappa shape index (κ1) is 28.6. The Morgan fingerprint density at radius 1 is 0.314 bits per heavy atom. The minimum absolute atomic E-state index is 0.184. The number of fused-ring (bicyclic) bond motifs is 7. The molecule has 0 radical (unpaired) electrons. The Bertz CT molecular complexity index is 2820. The molecule has 0 saturated heterocycles. The van der Waals surface area contributed by atoms with Crippen LogP contribution in [0.3, 0.4) is 0 Å². The van der Waals surface area contributed by atoms with Crippen LogP contribution in [0.5, 0.6) is 0 Å². The fraction of sp³-hybridized carbons (Fsp3) is 0.0588.